The van der Waals surface area contributed by atoms with E-state index in [1.165, 1.54) is 11.0 Å². The molecule has 3 atom stereocenters. The Morgan fingerprint density at radius 2 is 1.68 bits per heavy atom. The van der Waals surface area contributed by atoms with Crippen LogP contribution in [0.2, 0.25) is 0 Å². The van der Waals surface area contributed by atoms with Crippen molar-refractivity contribution in [1.82, 2.24) is 10.2 Å². The topological polar surface area (TPSA) is 108 Å². The van der Waals surface area contributed by atoms with Crippen LogP contribution in [0, 0.1) is 11.8 Å². The summed E-state index contributed by atoms with van der Waals surface area (Å²) in [7, 11) is 0. The van der Waals surface area contributed by atoms with Crippen molar-refractivity contribution in [2.75, 3.05) is 11.9 Å². The number of amides is 3. The summed E-state index contributed by atoms with van der Waals surface area (Å²) >= 11 is 0. The molecular weight excluding hydrogens is 434 g/mol. The lowest BCUT2D eigenvalue weighted by atomic mass is 9.98. The predicted octanol–water partition coefficient (Wildman–Crippen LogP) is 3.96. The minimum absolute atomic E-state index is 0.133. The average molecular weight is 476 g/mol. The minimum Gasteiger partial charge on any atom is -0.444 e. The zero-order valence-electron chi connectivity index (χ0n) is 21.5. The summed E-state index contributed by atoms with van der Waals surface area (Å²) in [5.74, 6) is -1.02. The molecule has 0 radical (unpaired) electrons. The molecule has 8 heteroatoms. The molecule has 0 aliphatic heterocycles. The third-order valence-corrected chi connectivity index (χ3v) is 4.90. The maximum absolute atomic E-state index is 13.5. The van der Waals surface area contributed by atoms with Crippen molar-refractivity contribution >= 4 is 23.6 Å². The monoisotopic (exact) mass is 475 g/mol. The Kier molecular flexibility index (Phi) is 11.3. The van der Waals surface area contributed by atoms with E-state index in [1.807, 2.05) is 32.0 Å². The molecule has 0 bridgehead atoms. The van der Waals surface area contributed by atoms with Crippen LogP contribution in [-0.4, -0.2) is 58.2 Å². The fourth-order valence-electron chi connectivity index (χ4n) is 3.41. The molecular formula is C26H41N3O5. The molecule has 0 saturated carbocycles. The standard InChI is InChI=1S/C26H41N3O5/c1-9-20(30)16-29(25(33)34-26(6,7)8)22(18(4)5)24(32)28-21(15-17(2)3)23(31)27-19-13-11-10-12-14-19/h9-14,17-18,20-22,30H,1,15-16H2,2-8H3,(H,27,31)(H,28,32). The van der Waals surface area contributed by atoms with Gasteiger partial charge in [0.05, 0.1) is 12.6 Å². The van der Waals surface area contributed by atoms with Crippen molar-refractivity contribution in [3.05, 3.63) is 43.0 Å². The quantitative estimate of drug-likeness (QED) is 0.420. The van der Waals surface area contributed by atoms with Crippen LogP contribution in [0.5, 0.6) is 0 Å². The molecule has 3 unspecified atom stereocenters. The van der Waals surface area contributed by atoms with Gasteiger partial charge in [0.15, 0.2) is 0 Å². The summed E-state index contributed by atoms with van der Waals surface area (Å²) in [5, 5.41) is 15.8. The number of anilines is 1. The van der Waals surface area contributed by atoms with Crippen molar-refractivity contribution < 1.29 is 24.2 Å². The van der Waals surface area contributed by atoms with Crippen molar-refractivity contribution in [1.29, 1.82) is 0 Å². The van der Waals surface area contributed by atoms with Crippen LogP contribution >= 0.6 is 0 Å². The van der Waals surface area contributed by atoms with Crippen molar-refractivity contribution in [2.45, 2.75) is 78.7 Å². The molecule has 1 aromatic rings. The summed E-state index contributed by atoms with van der Waals surface area (Å²) in [5.41, 5.74) is -0.164. The fraction of sp³-hybridized carbons (Fsp3) is 0.577. The van der Waals surface area contributed by atoms with E-state index in [4.69, 9.17) is 4.74 Å². The predicted molar refractivity (Wildman–Crippen MR) is 134 cm³/mol. The Bertz CT molecular complexity index is 817. The fourth-order valence-corrected chi connectivity index (χ4v) is 3.41. The SMILES string of the molecule is C=CC(O)CN(C(=O)OC(C)(C)C)C(C(=O)NC(CC(C)C)C(=O)Nc1ccccc1)C(C)C. The molecule has 1 rings (SSSR count). The van der Waals surface area contributed by atoms with E-state index >= 15 is 0 Å². The second-order valence-electron chi connectivity index (χ2n) is 10.2. The summed E-state index contributed by atoms with van der Waals surface area (Å²) in [6.45, 7) is 16.1. The Balaban J connectivity index is 3.20. The molecule has 0 aromatic heterocycles. The maximum atomic E-state index is 13.5. The Morgan fingerprint density at radius 1 is 1.09 bits per heavy atom. The lowest BCUT2D eigenvalue weighted by Gasteiger charge is -2.36. The largest absolute Gasteiger partial charge is 0.444 e. The lowest BCUT2D eigenvalue weighted by molar-refractivity contribution is -0.132. The Morgan fingerprint density at radius 3 is 2.15 bits per heavy atom. The van der Waals surface area contributed by atoms with E-state index in [1.54, 1.807) is 46.8 Å². The van der Waals surface area contributed by atoms with Gasteiger partial charge in [-0.2, -0.15) is 0 Å². The first-order valence-electron chi connectivity index (χ1n) is 11.7. The summed E-state index contributed by atoms with van der Waals surface area (Å²) in [6.07, 6.45) is -0.0656. The number of para-hydroxylation sites is 1. The van der Waals surface area contributed by atoms with E-state index in [2.05, 4.69) is 17.2 Å². The lowest BCUT2D eigenvalue weighted by Crippen LogP contribution is -2.58. The Hall–Kier alpha value is -2.87. The highest BCUT2D eigenvalue weighted by Crippen LogP contribution is 2.19. The molecule has 0 fully saturated rings. The first-order valence-corrected chi connectivity index (χ1v) is 11.7. The number of nitrogens with zero attached hydrogens (tertiary/aromatic N) is 1. The van der Waals surface area contributed by atoms with Crippen LogP contribution < -0.4 is 10.6 Å². The van der Waals surface area contributed by atoms with Crippen LogP contribution in [0.1, 0.15) is 54.9 Å². The number of ether oxygens (including phenoxy) is 1. The van der Waals surface area contributed by atoms with Gasteiger partial charge in [-0.05, 0) is 51.2 Å². The van der Waals surface area contributed by atoms with Crippen LogP contribution in [-0.2, 0) is 14.3 Å². The number of rotatable bonds is 11. The Labute approximate surface area is 203 Å². The van der Waals surface area contributed by atoms with E-state index in [-0.39, 0.29) is 24.3 Å². The molecule has 3 amide bonds. The van der Waals surface area contributed by atoms with Gasteiger partial charge in [0.1, 0.15) is 17.7 Å². The van der Waals surface area contributed by atoms with Gasteiger partial charge in [0.25, 0.3) is 0 Å². The third-order valence-electron chi connectivity index (χ3n) is 4.90. The number of aliphatic hydroxyl groups excluding tert-OH is 1. The number of benzene rings is 1. The summed E-state index contributed by atoms with van der Waals surface area (Å²) in [4.78, 5) is 40.7. The molecule has 34 heavy (non-hydrogen) atoms. The number of nitrogens with one attached hydrogen (secondary N) is 2. The van der Waals surface area contributed by atoms with Gasteiger partial charge in [-0.1, -0.05) is 52.0 Å². The van der Waals surface area contributed by atoms with Crippen molar-refractivity contribution in [3.8, 4) is 0 Å². The van der Waals surface area contributed by atoms with Crippen molar-refractivity contribution in [3.63, 3.8) is 0 Å². The first kappa shape index (κ1) is 29.2. The average Bonchev–Trinajstić information content (AvgIpc) is 2.71. The molecule has 0 heterocycles. The highest BCUT2D eigenvalue weighted by atomic mass is 16.6. The zero-order chi connectivity index (χ0) is 26.1. The number of aliphatic hydroxyl groups is 1. The summed E-state index contributed by atoms with van der Waals surface area (Å²) in [6, 6.07) is 7.23. The second-order valence-corrected chi connectivity index (χ2v) is 10.2. The molecule has 8 nitrogen and oxygen atoms in total. The molecule has 1 aromatic carbocycles. The van der Waals surface area contributed by atoms with Gasteiger partial charge in [0, 0.05) is 5.69 Å². The van der Waals surface area contributed by atoms with E-state index in [9.17, 15) is 19.5 Å². The third kappa shape index (κ3) is 9.95. The van der Waals surface area contributed by atoms with Crippen LogP contribution in [0.25, 0.3) is 0 Å². The maximum Gasteiger partial charge on any atom is 0.411 e. The van der Waals surface area contributed by atoms with E-state index < -0.39 is 35.8 Å². The van der Waals surface area contributed by atoms with Crippen molar-refractivity contribution in [2.24, 2.45) is 11.8 Å². The van der Waals surface area contributed by atoms with E-state index in [0.717, 1.165) is 0 Å². The molecule has 0 spiro atoms. The van der Waals surface area contributed by atoms with Crippen LogP contribution in [0.15, 0.2) is 43.0 Å². The normalized spacial score (nSPS) is 14.2. The number of carbonyl (C=O) groups excluding carboxylic acids is 3. The highest BCUT2D eigenvalue weighted by molar-refractivity contribution is 5.98. The molecule has 0 aliphatic rings. The van der Waals surface area contributed by atoms with Gasteiger partial charge < -0.3 is 20.5 Å². The van der Waals surface area contributed by atoms with Crippen LogP contribution in [0.4, 0.5) is 10.5 Å². The molecule has 0 aliphatic carbocycles. The molecule has 190 valence electrons. The van der Waals surface area contributed by atoms with Gasteiger partial charge in [0.2, 0.25) is 11.8 Å². The van der Waals surface area contributed by atoms with Crippen LogP contribution in [0.3, 0.4) is 0 Å². The second kappa shape index (κ2) is 13.1. The molecule has 0 saturated heterocycles. The minimum atomic E-state index is -1.05. The van der Waals surface area contributed by atoms with Gasteiger partial charge in [-0.25, -0.2) is 4.79 Å². The smallest absolute Gasteiger partial charge is 0.411 e. The molecule has 3 N–H and O–H groups in total. The number of hydrogen-bond acceptors (Lipinski definition) is 5. The van der Waals surface area contributed by atoms with Gasteiger partial charge in [-0.15, -0.1) is 6.58 Å². The first-order chi connectivity index (χ1) is 15.7. The van der Waals surface area contributed by atoms with Gasteiger partial charge >= 0.3 is 6.09 Å². The van der Waals surface area contributed by atoms with Gasteiger partial charge in [-0.3, -0.25) is 14.5 Å². The van der Waals surface area contributed by atoms with E-state index in [0.29, 0.717) is 12.1 Å². The zero-order valence-corrected chi connectivity index (χ0v) is 21.5. The number of carbonyl (C=O) groups is 3. The summed E-state index contributed by atoms with van der Waals surface area (Å²) < 4.78 is 5.50. The number of hydrogen-bond donors (Lipinski definition) is 3. The highest BCUT2D eigenvalue weighted by Gasteiger charge is 2.37.